The highest BCUT2D eigenvalue weighted by molar-refractivity contribution is 5.93. The first-order valence-corrected chi connectivity index (χ1v) is 7.67. The number of ether oxygens (including phenoxy) is 2. The summed E-state index contributed by atoms with van der Waals surface area (Å²) < 4.78 is 16.5. The lowest BCUT2D eigenvalue weighted by molar-refractivity contribution is -0.0458. The molecule has 1 aliphatic heterocycles. The molecule has 6 heteroatoms. The summed E-state index contributed by atoms with van der Waals surface area (Å²) in [6.45, 7) is 7.63. The van der Waals surface area contributed by atoms with E-state index in [-0.39, 0.29) is 18.1 Å². The van der Waals surface area contributed by atoms with Crippen LogP contribution in [0.3, 0.4) is 0 Å². The Morgan fingerprint density at radius 3 is 3.09 bits per heavy atom. The predicted molar refractivity (Wildman–Crippen MR) is 81.7 cm³/mol. The molecule has 0 bridgehead atoms. The van der Waals surface area contributed by atoms with Crippen molar-refractivity contribution < 1.29 is 18.7 Å². The number of rotatable bonds is 6. The Labute approximate surface area is 130 Å². The van der Waals surface area contributed by atoms with Crippen molar-refractivity contribution in [2.24, 2.45) is 0 Å². The van der Waals surface area contributed by atoms with E-state index in [4.69, 9.17) is 13.9 Å². The number of hydrogen-bond donors (Lipinski definition) is 1. The van der Waals surface area contributed by atoms with Crippen molar-refractivity contribution in [1.82, 2.24) is 10.3 Å². The standard InChI is InChI=1S/C16H24N2O4/c1-4-13-15(17-10-22-13)16(19)18-12-9-20-7-6-14(12)21-8-5-11(2)3/h5,10,12,14H,4,6-9H2,1-3H3,(H,18,19)/t12-,14+/m1/s1. The summed E-state index contributed by atoms with van der Waals surface area (Å²) in [6, 6.07) is -0.173. The highest BCUT2D eigenvalue weighted by atomic mass is 16.5. The molecule has 0 radical (unpaired) electrons. The van der Waals surface area contributed by atoms with Gasteiger partial charge in [0.15, 0.2) is 12.1 Å². The second-order valence-electron chi connectivity index (χ2n) is 5.57. The molecule has 0 saturated carbocycles. The number of aryl methyl sites for hydroxylation is 1. The van der Waals surface area contributed by atoms with Crippen LogP contribution in [0.5, 0.6) is 0 Å². The lowest BCUT2D eigenvalue weighted by Gasteiger charge is -2.31. The first kappa shape index (κ1) is 16.7. The Balaban J connectivity index is 1.96. The first-order valence-electron chi connectivity index (χ1n) is 7.67. The Bertz CT molecular complexity index is 520. The molecule has 0 unspecified atom stereocenters. The molecule has 1 aromatic rings. The third kappa shape index (κ3) is 4.42. The molecule has 22 heavy (non-hydrogen) atoms. The van der Waals surface area contributed by atoms with Gasteiger partial charge in [0.1, 0.15) is 5.76 Å². The van der Waals surface area contributed by atoms with Crippen LogP contribution in [0.2, 0.25) is 0 Å². The SMILES string of the molecule is CCc1ocnc1C(=O)N[C@@H]1COCC[C@@H]1OCC=C(C)C. The van der Waals surface area contributed by atoms with Gasteiger partial charge in [0.2, 0.25) is 0 Å². The number of carbonyl (C=O) groups excluding carboxylic acids is 1. The molecule has 6 nitrogen and oxygen atoms in total. The van der Waals surface area contributed by atoms with Crippen molar-refractivity contribution in [3.05, 3.63) is 29.5 Å². The summed E-state index contributed by atoms with van der Waals surface area (Å²) in [7, 11) is 0. The Kier molecular flexibility index (Phi) is 6.15. The Morgan fingerprint density at radius 1 is 1.55 bits per heavy atom. The van der Waals surface area contributed by atoms with Gasteiger partial charge in [-0.05, 0) is 20.3 Å². The van der Waals surface area contributed by atoms with Gasteiger partial charge in [0.25, 0.3) is 5.91 Å². The molecule has 1 N–H and O–H groups in total. The van der Waals surface area contributed by atoms with E-state index < -0.39 is 0 Å². The Morgan fingerprint density at radius 2 is 2.36 bits per heavy atom. The zero-order chi connectivity index (χ0) is 15.9. The summed E-state index contributed by atoms with van der Waals surface area (Å²) in [5.74, 6) is 0.355. The van der Waals surface area contributed by atoms with E-state index in [1.165, 1.54) is 12.0 Å². The number of aromatic nitrogens is 1. The van der Waals surface area contributed by atoms with Crippen LogP contribution in [0.15, 0.2) is 22.5 Å². The van der Waals surface area contributed by atoms with Crippen molar-refractivity contribution in [3.63, 3.8) is 0 Å². The van der Waals surface area contributed by atoms with Gasteiger partial charge in [-0.2, -0.15) is 0 Å². The van der Waals surface area contributed by atoms with Crippen molar-refractivity contribution in [1.29, 1.82) is 0 Å². The lowest BCUT2D eigenvalue weighted by Crippen LogP contribution is -2.50. The Hall–Kier alpha value is -1.66. The minimum atomic E-state index is -0.239. The molecule has 2 heterocycles. The summed E-state index contributed by atoms with van der Waals surface area (Å²) in [5.41, 5.74) is 1.55. The fourth-order valence-corrected chi connectivity index (χ4v) is 2.33. The van der Waals surface area contributed by atoms with Crippen LogP contribution in [-0.4, -0.2) is 42.9 Å². The normalized spacial score (nSPS) is 21.4. The zero-order valence-corrected chi connectivity index (χ0v) is 13.4. The quantitative estimate of drug-likeness (QED) is 0.815. The highest BCUT2D eigenvalue weighted by Crippen LogP contribution is 2.14. The minimum absolute atomic E-state index is 0.0507. The number of nitrogens with one attached hydrogen (secondary N) is 1. The van der Waals surface area contributed by atoms with Crippen molar-refractivity contribution in [2.45, 2.75) is 45.8 Å². The van der Waals surface area contributed by atoms with Crippen molar-refractivity contribution in [3.8, 4) is 0 Å². The van der Waals surface area contributed by atoms with Crippen LogP contribution in [-0.2, 0) is 15.9 Å². The van der Waals surface area contributed by atoms with E-state index in [0.717, 1.165) is 6.42 Å². The molecule has 1 amide bonds. The molecule has 1 aliphatic rings. The van der Waals surface area contributed by atoms with Gasteiger partial charge in [-0.15, -0.1) is 0 Å². The van der Waals surface area contributed by atoms with Gasteiger partial charge in [-0.1, -0.05) is 18.6 Å². The maximum atomic E-state index is 12.3. The molecule has 2 rings (SSSR count). The number of allylic oxidation sites excluding steroid dienone is 1. The molecule has 0 spiro atoms. The van der Waals surface area contributed by atoms with E-state index in [1.54, 1.807) is 0 Å². The van der Waals surface area contributed by atoms with Crippen LogP contribution in [0.4, 0.5) is 0 Å². The maximum Gasteiger partial charge on any atom is 0.273 e. The lowest BCUT2D eigenvalue weighted by atomic mass is 10.1. The second kappa shape index (κ2) is 8.10. The van der Waals surface area contributed by atoms with Gasteiger partial charge in [0, 0.05) is 13.0 Å². The number of oxazole rings is 1. The molecule has 1 aromatic heterocycles. The average molecular weight is 308 g/mol. The van der Waals surface area contributed by atoms with Gasteiger partial charge >= 0.3 is 0 Å². The van der Waals surface area contributed by atoms with Gasteiger partial charge in [-0.25, -0.2) is 4.98 Å². The van der Waals surface area contributed by atoms with Crippen molar-refractivity contribution in [2.75, 3.05) is 19.8 Å². The van der Waals surface area contributed by atoms with Crippen LogP contribution >= 0.6 is 0 Å². The summed E-state index contributed by atoms with van der Waals surface area (Å²) >= 11 is 0. The zero-order valence-electron chi connectivity index (χ0n) is 13.4. The van der Waals surface area contributed by atoms with Crippen molar-refractivity contribution >= 4 is 5.91 Å². The predicted octanol–water partition coefficient (Wildman–Crippen LogP) is 2.11. The van der Waals surface area contributed by atoms with Crippen LogP contribution in [0, 0.1) is 0 Å². The highest BCUT2D eigenvalue weighted by Gasteiger charge is 2.29. The minimum Gasteiger partial charge on any atom is -0.448 e. The summed E-state index contributed by atoms with van der Waals surface area (Å²) in [5, 5.41) is 2.95. The monoisotopic (exact) mass is 308 g/mol. The third-order valence-electron chi connectivity index (χ3n) is 3.59. The van der Waals surface area contributed by atoms with E-state index in [0.29, 0.717) is 37.7 Å². The fourth-order valence-electron chi connectivity index (χ4n) is 2.33. The molecule has 0 aromatic carbocycles. The van der Waals surface area contributed by atoms with E-state index in [2.05, 4.69) is 10.3 Å². The number of carbonyl (C=O) groups is 1. The molecule has 122 valence electrons. The van der Waals surface area contributed by atoms with Gasteiger partial charge in [-0.3, -0.25) is 4.79 Å². The van der Waals surface area contributed by atoms with Crippen LogP contribution in [0.1, 0.15) is 43.4 Å². The third-order valence-corrected chi connectivity index (χ3v) is 3.59. The maximum absolute atomic E-state index is 12.3. The molecular weight excluding hydrogens is 284 g/mol. The summed E-state index contributed by atoms with van der Waals surface area (Å²) in [6.07, 6.45) is 4.67. The largest absolute Gasteiger partial charge is 0.448 e. The topological polar surface area (TPSA) is 73.6 Å². The molecule has 1 saturated heterocycles. The van der Waals surface area contributed by atoms with E-state index >= 15 is 0 Å². The molecule has 0 aliphatic carbocycles. The second-order valence-corrected chi connectivity index (χ2v) is 5.57. The van der Waals surface area contributed by atoms with Crippen LogP contribution in [0.25, 0.3) is 0 Å². The molecule has 2 atom stereocenters. The number of nitrogens with zero attached hydrogens (tertiary/aromatic N) is 1. The van der Waals surface area contributed by atoms with Gasteiger partial charge in [0.05, 0.1) is 25.4 Å². The fraction of sp³-hybridized carbons (Fsp3) is 0.625. The first-order chi connectivity index (χ1) is 10.6. The number of amides is 1. The smallest absolute Gasteiger partial charge is 0.273 e. The van der Waals surface area contributed by atoms with E-state index in [9.17, 15) is 4.79 Å². The number of hydrogen-bond acceptors (Lipinski definition) is 5. The van der Waals surface area contributed by atoms with Crippen LogP contribution < -0.4 is 5.32 Å². The average Bonchev–Trinajstić information content (AvgIpc) is 2.97. The van der Waals surface area contributed by atoms with E-state index in [1.807, 2.05) is 26.8 Å². The summed E-state index contributed by atoms with van der Waals surface area (Å²) in [4.78, 5) is 16.3. The van der Waals surface area contributed by atoms with Gasteiger partial charge < -0.3 is 19.2 Å². The molecular formula is C16H24N2O4. The molecule has 1 fully saturated rings.